The van der Waals surface area contributed by atoms with Crippen molar-refractivity contribution < 1.29 is 14.6 Å². The SMILES string of the molecule is C[C@H](c1cccc([N+](=O)[O-])c1)N(C)C(=O)[C@@H]1CC(c2ccc(Cl)s2)=NO1. The average molecular weight is 394 g/mol. The lowest BCUT2D eigenvalue weighted by molar-refractivity contribution is -0.384. The van der Waals surface area contributed by atoms with E-state index in [-0.39, 0.29) is 17.6 Å². The number of carbonyl (C=O) groups is 1. The van der Waals surface area contributed by atoms with E-state index in [2.05, 4.69) is 5.16 Å². The Labute approximate surface area is 159 Å². The molecule has 0 radical (unpaired) electrons. The van der Waals surface area contributed by atoms with E-state index in [1.807, 2.05) is 13.0 Å². The van der Waals surface area contributed by atoms with Gasteiger partial charge in [0.15, 0.2) is 0 Å². The molecule has 3 rings (SSSR count). The first kappa shape index (κ1) is 18.3. The first-order valence-corrected chi connectivity index (χ1v) is 9.05. The van der Waals surface area contributed by atoms with Gasteiger partial charge in [0.1, 0.15) is 5.71 Å². The highest BCUT2D eigenvalue weighted by Gasteiger charge is 2.33. The minimum Gasteiger partial charge on any atom is -0.382 e. The van der Waals surface area contributed by atoms with E-state index < -0.39 is 11.0 Å². The van der Waals surface area contributed by atoms with Gasteiger partial charge < -0.3 is 9.74 Å². The first-order chi connectivity index (χ1) is 12.4. The number of rotatable bonds is 5. The summed E-state index contributed by atoms with van der Waals surface area (Å²) in [6.45, 7) is 1.81. The summed E-state index contributed by atoms with van der Waals surface area (Å²) >= 11 is 7.31. The number of benzene rings is 1. The molecule has 0 saturated carbocycles. The fourth-order valence-electron chi connectivity index (χ4n) is 2.66. The van der Waals surface area contributed by atoms with Crippen molar-refractivity contribution in [3.63, 3.8) is 0 Å². The molecule has 2 atom stereocenters. The van der Waals surface area contributed by atoms with Crippen molar-refractivity contribution in [1.29, 1.82) is 0 Å². The van der Waals surface area contributed by atoms with Crippen LogP contribution in [0.25, 0.3) is 0 Å². The summed E-state index contributed by atoms with van der Waals surface area (Å²) in [7, 11) is 1.65. The normalized spacial score (nSPS) is 17.3. The second-order valence-corrected chi connectivity index (χ2v) is 7.63. The van der Waals surface area contributed by atoms with Crippen molar-refractivity contribution >= 4 is 40.2 Å². The van der Waals surface area contributed by atoms with Crippen molar-refractivity contribution in [3.05, 3.63) is 61.3 Å². The van der Waals surface area contributed by atoms with Crippen LogP contribution in [0.2, 0.25) is 4.34 Å². The average Bonchev–Trinajstić information content (AvgIpc) is 3.28. The van der Waals surface area contributed by atoms with Gasteiger partial charge >= 0.3 is 0 Å². The summed E-state index contributed by atoms with van der Waals surface area (Å²) in [5, 5.41) is 14.9. The molecule has 0 N–H and O–H groups in total. The molecule has 2 heterocycles. The number of nitro groups is 1. The number of likely N-dealkylation sites (N-methyl/N-ethyl adjacent to an activating group) is 1. The van der Waals surface area contributed by atoms with E-state index in [9.17, 15) is 14.9 Å². The van der Waals surface area contributed by atoms with Gasteiger partial charge in [0.05, 0.1) is 20.2 Å². The number of oxime groups is 1. The number of amides is 1. The molecule has 0 fully saturated rings. The standard InChI is InChI=1S/C17H16ClN3O4S/c1-10(11-4-3-5-12(8-11)21(23)24)20(2)17(22)14-9-13(19-25-14)15-6-7-16(18)26-15/h3-8,10,14H,9H2,1-2H3/t10-,14+/m1/s1. The fraction of sp³-hybridized carbons (Fsp3) is 0.294. The predicted octanol–water partition coefficient (Wildman–Crippen LogP) is 4.02. The zero-order chi connectivity index (χ0) is 18.8. The lowest BCUT2D eigenvalue weighted by Gasteiger charge is -2.26. The number of thiophene rings is 1. The van der Waals surface area contributed by atoms with Crippen molar-refractivity contribution in [2.45, 2.75) is 25.5 Å². The molecule has 0 unspecified atom stereocenters. The minimum absolute atomic E-state index is 0.00694. The summed E-state index contributed by atoms with van der Waals surface area (Å²) in [4.78, 5) is 30.9. The maximum atomic E-state index is 12.7. The number of nitro benzene ring substituents is 1. The summed E-state index contributed by atoms with van der Waals surface area (Å²) in [6.07, 6.45) is -0.348. The summed E-state index contributed by atoms with van der Waals surface area (Å²) in [6, 6.07) is 9.53. The van der Waals surface area contributed by atoms with Crippen molar-refractivity contribution in [2.75, 3.05) is 7.05 Å². The van der Waals surface area contributed by atoms with E-state index >= 15 is 0 Å². The van der Waals surface area contributed by atoms with Crippen LogP contribution in [-0.4, -0.2) is 34.6 Å². The molecule has 1 aromatic carbocycles. The van der Waals surface area contributed by atoms with Crippen molar-refractivity contribution in [3.8, 4) is 0 Å². The molecule has 0 spiro atoms. The number of carbonyl (C=O) groups excluding carboxylic acids is 1. The third-order valence-corrected chi connectivity index (χ3v) is 5.57. The Kier molecular flexibility index (Phi) is 5.24. The van der Waals surface area contributed by atoms with Crippen LogP contribution in [0.1, 0.15) is 29.8 Å². The Bertz CT molecular complexity index is 882. The quantitative estimate of drug-likeness (QED) is 0.567. The number of hydrogen-bond acceptors (Lipinski definition) is 6. The van der Waals surface area contributed by atoms with Crippen molar-refractivity contribution in [2.24, 2.45) is 5.16 Å². The topological polar surface area (TPSA) is 85.0 Å². The van der Waals surface area contributed by atoms with Gasteiger partial charge in [-0.05, 0) is 24.6 Å². The van der Waals surface area contributed by atoms with Crippen LogP contribution in [0.15, 0.2) is 41.6 Å². The van der Waals surface area contributed by atoms with Crippen LogP contribution in [0.4, 0.5) is 5.69 Å². The number of hydrogen-bond donors (Lipinski definition) is 0. The van der Waals surface area contributed by atoms with Crippen LogP contribution < -0.4 is 0 Å². The van der Waals surface area contributed by atoms with Gasteiger partial charge in [0.25, 0.3) is 11.6 Å². The molecule has 136 valence electrons. The molecule has 1 aliphatic heterocycles. The zero-order valence-electron chi connectivity index (χ0n) is 14.1. The minimum atomic E-state index is -0.711. The Morgan fingerprint density at radius 2 is 2.23 bits per heavy atom. The molecule has 26 heavy (non-hydrogen) atoms. The number of halogens is 1. The molecule has 1 aliphatic rings. The van der Waals surface area contributed by atoms with E-state index in [4.69, 9.17) is 16.4 Å². The Hall–Kier alpha value is -2.45. The first-order valence-electron chi connectivity index (χ1n) is 7.86. The van der Waals surface area contributed by atoms with Crippen molar-refractivity contribution in [1.82, 2.24) is 4.90 Å². The van der Waals surface area contributed by atoms with Gasteiger partial charge in [-0.15, -0.1) is 11.3 Å². The molecule has 1 amide bonds. The molecule has 0 saturated heterocycles. The zero-order valence-corrected chi connectivity index (χ0v) is 15.7. The highest BCUT2D eigenvalue weighted by Crippen LogP contribution is 2.28. The largest absolute Gasteiger partial charge is 0.382 e. The van der Waals surface area contributed by atoms with Crippen LogP contribution >= 0.6 is 22.9 Å². The van der Waals surface area contributed by atoms with E-state index in [0.29, 0.717) is 22.0 Å². The molecule has 9 heteroatoms. The van der Waals surface area contributed by atoms with E-state index in [0.717, 1.165) is 4.88 Å². The monoisotopic (exact) mass is 393 g/mol. The van der Waals surface area contributed by atoms with Crippen LogP contribution in [0, 0.1) is 10.1 Å². The maximum absolute atomic E-state index is 12.7. The Balaban J connectivity index is 1.68. The molecule has 0 bridgehead atoms. The van der Waals surface area contributed by atoms with Crippen LogP contribution in [0.3, 0.4) is 0 Å². The molecular weight excluding hydrogens is 378 g/mol. The lowest BCUT2D eigenvalue weighted by atomic mass is 10.0. The molecule has 7 nitrogen and oxygen atoms in total. The number of nitrogens with zero attached hydrogens (tertiary/aromatic N) is 3. The summed E-state index contributed by atoms with van der Waals surface area (Å²) in [5.41, 5.74) is 1.36. The maximum Gasteiger partial charge on any atom is 0.269 e. The van der Waals surface area contributed by atoms with Gasteiger partial charge in [0.2, 0.25) is 6.10 Å². The van der Waals surface area contributed by atoms with Gasteiger partial charge in [0, 0.05) is 25.6 Å². The smallest absolute Gasteiger partial charge is 0.269 e. The third-order valence-electron chi connectivity index (χ3n) is 4.29. The van der Waals surface area contributed by atoms with E-state index in [1.54, 1.807) is 25.2 Å². The van der Waals surface area contributed by atoms with E-state index in [1.165, 1.54) is 28.4 Å². The highest BCUT2D eigenvalue weighted by atomic mass is 35.5. The molecule has 1 aromatic heterocycles. The van der Waals surface area contributed by atoms with Gasteiger partial charge in [-0.1, -0.05) is 28.9 Å². The highest BCUT2D eigenvalue weighted by molar-refractivity contribution is 7.18. The predicted molar refractivity (Wildman–Crippen MR) is 99.6 cm³/mol. The third kappa shape index (κ3) is 3.71. The van der Waals surface area contributed by atoms with Crippen LogP contribution in [-0.2, 0) is 9.63 Å². The molecule has 2 aromatic rings. The Morgan fingerprint density at radius 3 is 2.88 bits per heavy atom. The fourth-order valence-corrected chi connectivity index (χ4v) is 3.70. The van der Waals surface area contributed by atoms with Gasteiger partial charge in [-0.2, -0.15) is 0 Å². The molecular formula is C17H16ClN3O4S. The summed E-state index contributed by atoms with van der Waals surface area (Å²) in [5.74, 6) is -0.231. The van der Waals surface area contributed by atoms with Gasteiger partial charge in [-0.3, -0.25) is 14.9 Å². The molecule has 0 aliphatic carbocycles. The number of non-ortho nitro benzene ring substituents is 1. The summed E-state index contributed by atoms with van der Waals surface area (Å²) < 4.78 is 0.647. The second-order valence-electron chi connectivity index (χ2n) is 5.92. The van der Waals surface area contributed by atoms with Gasteiger partial charge in [-0.25, -0.2) is 0 Å². The lowest BCUT2D eigenvalue weighted by Crippen LogP contribution is -2.38. The Morgan fingerprint density at radius 1 is 1.46 bits per heavy atom. The second kappa shape index (κ2) is 7.43. The van der Waals surface area contributed by atoms with Crippen LogP contribution in [0.5, 0.6) is 0 Å².